The Morgan fingerprint density at radius 1 is 0.360 bits per heavy atom. The highest BCUT2D eigenvalue weighted by Crippen LogP contribution is 2.44. The van der Waals surface area contributed by atoms with E-state index in [4.69, 9.17) is 0 Å². The van der Waals surface area contributed by atoms with Gasteiger partial charge in [-0.25, -0.2) is 0 Å². The molecule has 2 aromatic heterocycles. The minimum absolute atomic E-state index is 0.586. The molecule has 0 spiro atoms. The standard InChI is InChI=1S/C45H25N5/c46-26-29-20-22-43-38(24-29)34-13-4-7-18-41(34)49(43)40-17-6-3-12-33(40)37-16-9-15-36(32-11-2-1-10-31(32)28-48)45(37)50-42-19-8-5-14-35(42)39-25-30(27-47)21-23-44(39)50/h1-25H. The van der Waals surface area contributed by atoms with Crippen LogP contribution >= 0.6 is 0 Å². The van der Waals surface area contributed by atoms with E-state index in [2.05, 4.69) is 94.1 Å². The molecule has 0 saturated carbocycles. The maximum absolute atomic E-state index is 10.3. The van der Waals surface area contributed by atoms with E-state index >= 15 is 0 Å². The molecular formula is C45H25N5. The summed E-state index contributed by atoms with van der Waals surface area (Å²) in [5.41, 5.74) is 11.5. The lowest BCUT2D eigenvalue weighted by Gasteiger charge is -2.22. The monoisotopic (exact) mass is 635 g/mol. The quantitative estimate of drug-likeness (QED) is 0.193. The van der Waals surface area contributed by atoms with E-state index in [0.717, 1.165) is 77.2 Å². The predicted molar refractivity (Wildman–Crippen MR) is 200 cm³/mol. The van der Waals surface area contributed by atoms with Gasteiger partial charge in [0.2, 0.25) is 0 Å². The van der Waals surface area contributed by atoms with E-state index < -0.39 is 0 Å². The van der Waals surface area contributed by atoms with E-state index in [9.17, 15) is 15.8 Å². The summed E-state index contributed by atoms with van der Waals surface area (Å²) in [6, 6.07) is 57.8. The van der Waals surface area contributed by atoms with Crippen molar-refractivity contribution < 1.29 is 0 Å². The molecule has 0 fully saturated rings. The summed E-state index contributed by atoms with van der Waals surface area (Å²) >= 11 is 0. The van der Waals surface area contributed by atoms with Gasteiger partial charge in [0.25, 0.3) is 0 Å². The van der Waals surface area contributed by atoms with Crippen LogP contribution < -0.4 is 0 Å². The molecule has 5 heteroatoms. The van der Waals surface area contributed by atoms with Crippen LogP contribution in [0.25, 0.3) is 77.2 Å². The second-order valence-corrected chi connectivity index (χ2v) is 12.3. The molecule has 9 aromatic rings. The molecular weight excluding hydrogens is 611 g/mol. The molecule has 0 bridgehead atoms. The largest absolute Gasteiger partial charge is 0.309 e. The zero-order valence-corrected chi connectivity index (χ0v) is 26.7. The zero-order valence-electron chi connectivity index (χ0n) is 26.7. The molecule has 0 aliphatic rings. The van der Waals surface area contributed by atoms with Gasteiger partial charge in [-0.2, -0.15) is 15.8 Å². The van der Waals surface area contributed by atoms with Crippen LogP contribution in [-0.2, 0) is 0 Å². The van der Waals surface area contributed by atoms with Crippen LogP contribution in [0, 0.1) is 34.0 Å². The Balaban J connectivity index is 1.44. The van der Waals surface area contributed by atoms with Crippen molar-refractivity contribution in [2.24, 2.45) is 0 Å². The molecule has 0 aliphatic carbocycles. The Morgan fingerprint density at radius 2 is 0.840 bits per heavy atom. The van der Waals surface area contributed by atoms with Crippen molar-refractivity contribution in [3.8, 4) is 51.8 Å². The van der Waals surface area contributed by atoms with Gasteiger partial charge in [-0.05, 0) is 60.7 Å². The maximum Gasteiger partial charge on any atom is 0.0998 e. The van der Waals surface area contributed by atoms with Crippen molar-refractivity contribution in [1.29, 1.82) is 15.8 Å². The lowest BCUT2D eigenvalue weighted by atomic mass is 9.92. The van der Waals surface area contributed by atoms with E-state index in [0.29, 0.717) is 16.7 Å². The number of hydrogen-bond donors (Lipinski definition) is 0. The summed E-state index contributed by atoms with van der Waals surface area (Å²) < 4.78 is 4.57. The van der Waals surface area contributed by atoms with E-state index in [1.54, 1.807) is 0 Å². The Labute approximate surface area is 287 Å². The van der Waals surface area contributed by atoms with Gasteiger partial charge < -0.3 is 9.13 Å². The summed E-state index contributed by atoms with van der Waals surface area (Å²) in [5.74, 6) is 0. The molecule has 7 aromatic carbocycles. The molecule has 0 aliphatic heterocycles. The molecule has 0 radical (unpaired) electrons. The Kier molecular flexibility index (Phi) is 6.56. The van der Waals surface area contributed by atoms with Crippen LogP contribution in [0.3, 0.4) is 0 Å². The number of aromatic nitrogens is 2. The van der Waals surface area contributed by atoms with Crippen molar-refractivity contribution in [3.05, 3.63) is 168 Å². The Hall–Kier alpha value is -7.39. The molecule has 0 N–H and O–H groups in total. The van der Waals surface area contributed by atoms with Crippen molar-refractivity contribution in [2.45, 2.75) is 0 Å². The second kappa shape index (κ2) is 11.4. The van der Waals surface area contributed by atoms with Gasteiger partial charge in [-0.1, -0.05) is 91.0 Å². The average Bonchev–Trinajstić information content (AvgIpc) is 3.69. The SMILES string of the molecule is N#Cc1ccc2c(c1)c1ccccc1n2-c1ccccc1-c1cccc(-c2ccccc2C#N)c1-n1c2ccccc2c2cc(C#N)ccc21. The van der Waals surface area contributed by atoms with Crippen LogP contribution in [0.15, 0.2) is 152 Å². The summed E-state index contributed by atoms with van der Waals surface area (Å²) in [4.78, 5) is 0. The molecule has 5 nitrogen and oxygen atoms in total. The minimum Gasteiger partial charge on any atom is -0.309 e. The number of nitriles is 3. The van der Waals surface area contributed by atoms with Crippen molar-refractivity contribution in [1.82, 2.24) is 9.13 Å². The highest BCUT2D eigenvalue weighted by atomic mass is 15.0. The lowest BCUT2D eigenvalue weighted by molar-refractivity contribution is 1.16. The first-order valence-corrected chi connectivity index (χ1v) is 16.3. The number of hydrogen-bond acceptors (Lipinski definition) is 3. The Morgan fingerprint density at radius 3 is 1.48 bits per heavy atom. The normalized spacial score (nSPS) is 11.1. The van der Waals surface area contributed by atoms with E-state index in [-0.39, 0.29) is 0 Å². The van der Waals surface area contributed by atoms with E-state index in [1.165, 1.54) is 0 Å². The molecule has 0 amide bonds. The molecule has 9 rings (SSSR count). The highest BCUT2D eigenvalue weighted by molar-refractivity contribution is 6.12. The summed E-state index contributed by atoms with van der Waals surface area (Å²) in [7, 11) is 0. The van der Waals surface area contributed by atoms with Gasteiger partial charge in [-0.15, -0.1) is 0 Å². The first-order chi connectivity index (χ1) is 24.7. The molecule has 0 unspecified atom stereocenters. The number of fused-ring (bicyclic) bond motifs is 6. The second-order valence-electron chi connectivity index (χ2n) is 12.3. The third-order valence-electron chi connectivity index (χ3n) is 9.64. The minimum atomic E-state index is 0.586. The lowest BCUT2D eigenvalue weighted by Crippen LogP contribution is -2.04. The van der Waals surface area contributed by atoms with Gasteiger partial charge in [0.15, 0.2) is 0 Å². The van der Waals surface area contributed by atoms with Crippen LogP contribution in [-0.4, -0.2) is 9.13 Å². The fourth-order valence-electron chi connectivity index (χ4n) is 7.52. The van der Waals surface area contributed by atoms with E-state index in [1.807, 2.05) is 84.9 Å². The number of para-hydroxylation sites is 4. The number of benzene rings is 7. The molecule has 0 saturated heterocycles. The number of nitrogens with zero attached hydrogens (tertiary/aromatic N) is 5. The summed E-state index contributed by atoms with van der Waals surface area (Å²) in [5, 5.41) is 34.0. The summed E-state index contributed by atoms with van der Waals surface area (Å²) in [6.45, 7) is 0. The Bertz CT molecular complexity index is 2970. The zero-order chi connectivity index (χ0) is 33.8. The summed E-state index contributed by atoms with van der Waals surface area (Å²) in [6.07, 6.45) is 0. The third kappa shape index (κ3) is 4.24. The van der Waals surface area contributed by atoms with Gasteiger partial charge in [0.1, 0.15) is 0 Å². The van der Waals surface area contributed by atoms with Crippen LogP contribution in [0.4, 0.5) is 0 Å². The van der Waals surface area contributed by atoms with Gasteiger partial charge in [0.05, 0.1) is 68.3 Å². The fourth-order valence-corrected chi connectivity index (χ4v) is 7.52. The topological polar surface area (TPSA) is 81.2 Å². The van der Waals surface area contributed by atoms with Crippen molar-refractivity contribution in [2.75, 3.05) is 0 Å². The smallest absolute Gasteiger partial charge is 0.0998 e. The van der Waals surface area contributed by atoms with Crippen LogP contribution in [0.5, 0.6) is 0 Å². The third-order valence-corrected chi connectivity index (χ3v) is 9.64. The van der Waals surface area contributed by atoms with Crippen LogP contribution in [0.2, 0.25) is 0 Å². The first kappa shape index (κ1) is 28.8. The fraction of sp³-hybridized carbons (Fsp3) is 0. The number of rotatable bonds is 4. The molecule has 0 atom stereocenters. The predicted octanol–water partition coefficient (Wildman–Crippen LogP) is 10.8. The molecule has 50 heavy (non-hydrogen) atoms. The maximum atomic E-state index is 10.3. The first-order valence-electron chi connectivity index (χ1n) is 16.3. The van der Waals surface area contributed by atoms with Crippen molar-refractivity contribution >= 4 is 43.6 Å². The van der Waals surface area contributed by atoms with Gasteiger partial charge >= 0.3 is 0 Å². The highest BCUT2D eigenvalue weighted by Gasteiger charge is 2.23. The van der Waals surface area contributed by atoms with Gasteiger partial charge in [-0.3, -0.25) is 0 Å². The van der Waals surface area contributed by atoms with Crippen molar-refractivity contribution in [3.63, 3.8) is 0 Å². The van der Waals surface area contributed by atoms with Gasteiger partial charge in [0, 0.05) is 43.8 Å². The molecule has 2 heterocycles. The van der Waals surface area contributed by atoms with Crippen LogP contribution in [0.1, 0.15) is 16.7 Å². The molecule has 230 valence electrons. The average molecular weight is 636 g/mol.